The highest BCUT2D eigenvalue weighted by molar-refractivity contribution is 7.89. The molecular formula is C13H22N4O5S. The number of hydrogen-bond donors (Lipinski definition) is 2. The molecule has 1 aromatic heterocycles. The molecule has 23 heavy (non-hydrogen) atoms. The second kappa shape index (κ2) is 8.06. The minimum Gasteiger partial charge on any atom is -0.480 e. The van der Waals surface area contributed by atoms with Crippen molar-refractivity contribution in [1.29, 1.82) is 0 Å². The van der Waals surface area contributed by atoms with E-state index in [0.29, 0.717) is 18.8 Å². The Morgan fingerprint density at radius 3 is 2.57 bits per heavy atom. The van der Waals surface area contributed by atoms with E-state index in [-0.39, 0.29) is 18.0 Å². The number of carbonyl (C=O) groups excluding carboxylic acids is 1. The second-order valence-electron chi connectivity index (χ2n) is 5.09. The van der Waals surface area contributed by atoms with Crippen LogP contribution in [0.1, 0.15) is 25.6 Å². The number of aliphatic carboxylic acids is 1. The van der Waals surface area contributed by atoms with Gasteiger partial charge in [0.1, 0.15) is 12.4 Å². The summed E-state index contributed by atoms with van der Waals surface area (Å²) in [6, 6.07) is 0. The Kier molecular flexibility index (Phi) is 6.70. The van der Waals surface area contributed by atoms with E-state index in [9.17, 15) is 18.0 Å². The summed E-state index contributed by atoms with van der Waals surface area (Å²) >= 11 is 0. The van der Waals surface area contributed by atoms with Crippen LogP contribution in [0.4, 0.5) is 0 Å². The van der Waals surface area contributed by atoms with Gasteiger partial charge >= 0.3 is 5.97 Å². The van der Waals surface area contributed by atoms with Gasteiger partial charge < -0.3 is 14.6 Å². The number of nitrogens with zero attached hydrogens (tertiary/aromatic N) is 3. The first-order chi connectivity index (χ1) is 10.7. The molecule has 0 aliphatic carbocycles. The van der Waals surface area contributed by atoms with Gasteiger partial charge in [-0.15, -0.1) is 0 Å². The van der Waals surface area contributed by atoms with Crippen molar-refractivity contribution in [3.05, 3.63) is 12.0 Å². The molecule has 0 spiro atoms. The van der Waals surface area contributed by atoms with Crippen LogP contribution < -0.4 is 4.72 Å². The summed E-state index contributed by atoms with van der Waals surface area (Å²) in [5.41, 5.74) is 0. The van der Waals surface area contributed by atoms with Gasteiger partial charge in [0.25, 0.3) is 10.0 Å². The van der Waals surface area contributed by atoms with Crippen LogP contribution in [0.15, 0.2) is 11.2 Å². The highest BCUT2D eigenvalue weighted by atomic mass is 32.2. The van der Waals surface area contributed by atoms with Crippen LogP contribution >= 0.6 is 0 Å². The molecule has 0 radical (unpaired) electrons. The Morgan fingerprint density at radius 2 is 2.09 bits per heavy atom. The molecule has 0 aliphatic heterocycles. The maximum atomic E-state index is 12.0. The molecule has 0 saturated carbocycles. The van der Waals surface area contributed by atoms with E-state index in [0.717, 1.165) is 0 Å². The maximum Gasteiger partial charge on any atom is 0.323 e. The fourth-order valence-electron chi connectivity index (χ4n) is 1.91. The van der Waals surface area contributed by atoms with Crippen molar-refractivity contribution in [3.8, 4) is 0 Å². The average Bonchev–Trinajstić information content (AvgIpc) is 2.78. The number of nitrogens with one attached hydrogen (secondary N) is 1. The smallest absolute Gasteiger partial charge is 0.323 e. The number of carboxylic acid groups (broad SMARTS) is 1. The largest absolute Gasteiger partial charge is 0.480 e. The molecule has 10 heteroatoms. The lowest BCUT2D eigenvalue weighted by Gasteiger charge is -2.19. The number of sulfonamides is 1. The number of hydrogen-bond acceptors (Lipinski definition) is 5. The minimum atomic E-state index is -3.79. The monoisotopic (exact) mass is 346 g/mol. The Bertz CT molecular complexity index is 648. The molecule has 0 unspecified atom stereocenters. The van der Waals surface area contributed by atoms with Crippen molar-refractivity contribution in [2.24, 2.45) is 7.05 Å². The predicted molar refractivity (Wildman–Crippen MR) is 82.3 cm³/mol. The topological polar surface area (TPSA) is 122 Å². The minimum absolute atomic E-state index is 0.110. The van der Waals surface area contributed by atoms with E-state index < -0.39 is 28.4 Å². The first kappa shape index (κ1) is 19.1. The first-order valence-electron chi connectivity index (χ1n) is 7.16. The van der Waals surface area contributed by atoms with E-state index in [2.05, 4.69) is 9.71 Å². The number of carboxylic acids is 1. The number of aryl methyl sites for hydroxylation is 2. The third-order valence-electron chi connectivity index (χ3n) is 3.17. The first-order valence-corrected chi connectivity index (χ1v) is 8.65. The lowest BCUT2D eigenvalue weighted by atomic mass is 10.3. The average molecular weight is 346 g/mol. The zero-order valence-electron chi connectivity index (χ0n) is 13.4. The molecule has 9 nitrogen and oxygen atoms in total. The maximum absolute atomic E-state index is 12.0. The molecule has 0 aromatic carbocycles. The van der Waals surface area contributed by atoms with Gasteiger partial charge in [-0.2, -0.15) is 0 Å². The molecule has 1 amide bonds. The van der Waals surface area contributed by atoms with Crippen molar-refractivity contribution in [2.75, 3.05) is 19.6 Å². The zero-order valence-corrected chi connectivity index (χ0v) is 14.3. The third-order valence-corrected chi connectivity index (χ3v) is 4.50. The Hall–Kier alpha value is -1.94. The van der Waals surface area contributed by atoms with Crippen LogP contribution in [-0.4, -0.2) is 59.5 Å². The number of rotatable bonds is 9. The summed E-state index contributed by atoms with van der Waals surface area (Å²) in [5.74, 6) is -0.956. The van der Waals surface area contributed by atoms with E-state index in [1.807, 2.05) is 6.92 Å². The standard InChI is InChI=1S/C13H22N4O5S/c1-4-7-17(9-13(19)20)12(18)5-6-14-23(21,22)11-8-16(3)10(2)15-11/h8,14H,4-7,9H2,1-3H3,(H,19,20). The van der Waals surface area contributed by atoms with E-state index >= 15 is 0 Å². The Labute approximate surface area is 135 Å². The molecule has 130 valence electrons. The molecule has 0 bridgehead atoms. The molecule has 1 heterocycles. The molecule has 0 aliphatic rings. The van der Waals surface area contributed by atoms with Gasteiger partial charge in [0.15, 0.2) is 5.03 Å². The van der Waals surface area contributed by atoms with Gasteiger partial charge in [0.2, 0.25) is 5.91 Å². The fraction of sp³-hybridized carbons (Fsp3) is 0.615. The molecule has 1 rings (SSSR count). The lowest BCUT2D eigenvalue weighted by Crippen LogP contribution is -2.38. The number of aromatic nitrogens is 2. The van der Waals surface area contributed by atoms with Gasteiger partial charge in [-0.05, 0) is 13.3 Å². The molecule has 0 atom stereocenters. The van der Waals surface area contributed by atoms with E-state index in [4.69, 9.17) is 5.11 Å². The van der Waals surface area contributed by atoms with Crippen LogP contribution in [-0.2, 0) is 26.7 Å². The third kappa shape index (κ3) is 5.64. The van der Waals surface area contributed by atoms with Crippen molar-refractivity contribution in [2.45, 2.75) is 31.7 Å². The van der Waals surface area contributed by atoms with Crippen LogP contribution in [0.2, 0.25) is 0 Å². The molecule has 1 aromatic rings. The second-order valence-corrected chi connectivity index (χ2v) is 6.81. The summed E-state index contributed by atoms with van der Waals surface area (Å²) in [7, 11) is -2.11. The zero-order chi connectivity index (χ0) is 17.6. The van der Waals surface area contributed by atoms with Crippen LogP contribution in [0.5, 0.6) is 0 Å². The van der Waals surface area contributed by atoms with Crippen molar-refractivity contribution < 1.29 is 23.1 Å². The summed E-state index contributed by atoms with van der Waals surface area (Å²) in [6.07, 6.45) is 1.89. The highest BCUT2D eigenvalue weighted by Gasteiger charge is 2.20. The summed E-state index contributed by atoms with van der Waals surface area (Å²) in [4.78, 5) is 27.8. The molecular weight excluding hydrogens is 324 g/mol. The van der Waals surface area contributed by atoms with Gasteiger partial charge in [-0.3, -0.25) is 9.59 Å². The van der Waals surface area contributed by atoms with E-state index in [1.165, 1.54) is 11.1 Å². The van der Waals surface area contributed by atoms with Crippen LogP contribution in [0.3, 0.4) is 0 Å². The van der Waals surface area contributed by atoms with Gasteiger partial charge in [0, 0.05) is 32.8 Å². The van der Waals surface area contributed by atoms with Crippen molar-refractivity contribution in [1.82, 2.24) is 19.2 Å². The summed E-state index contributed by atoms with van der Waals surface area (Å²) in [6.45, 7) is 3.32. The molecule has 2 N–H and O–H groups in total. The van der Waals surface area contributed by atoms with Crippen LogP contribution in [0.25, 0.3) is 0 Å². The van der Waals surface area contributed by atoms with Crippen molar-refractivity contribution >= 4 is 21.9 Å². The number of amides is 1. The fourth-order valence-corrected chi connectivity index (χ4v) is 2.97. The quantitative estimate of drug-likeness (QED) is 0.634. The predicted octanol–water partition coefficient (Wildman–Crippen LogP) is -0.280. The molecule has 0 saturated heterocycles. The summed E-state index contributed by atoms with van der Waals surface area (Å²) in [5, 5.41) is 8.66. The number of imidazole rings is 1. The SMILES string of the molecule is CCCN(CC(=O)O)C(=O)CCNS(=O)(=O)c1cn(C)c(C)n1. The van der Waals surface area contributed by atoms with Crippen molar-refractivity contribution in [3.63, 3.8) is 0 Å². The van der Waals surface area contributed by atoms with Crippen LogP contribution in [0, 0.1) is 6.92 Å². The normalized spacial score (nSPS) is 11.4. The Morgan fingerprint density at radius 1 is 1.43 bits per heavy atom. The lowest BCUT2D eigenvalue weighted by molar-refractivity contribution is -0.144. The van der Waals surface area contributed by atoms with Gasteiger partial charge in [0.05, 0.1) is 0 Å². The molecule has 0 fully saturated rings. The van der Waals surface area contributed by atoms with E-state index in [1.54, 1.807) is 18.5 Å². The summed E-state index contributed by atoms with van der Waals surface area (Å²) < 4.78 is 28.0. The van der Waals surface area contributed by atoms with Gasteiger partial charge in [-0.1, -0.05) is 6.92 Å². The number of carbonyl (C=O) groups is 2. The van der Waals surface area contributed by atoms with Gasteiger partial charge in [-0.25, -0.2) is 18.1 Å². The highest BCUT2D eigenvalue weighted by Crippen LogP contribution is 2.07. The Balaban J connectivity index is 2.60.